The fourth-order valence-corrected chi connectivity index (χ4v) is 2.11. The van der Waals surface area contributed by atoms with Crippen molar-refractivity contribution >= 4 is 12.0 Å². The standard InChI is InChI=1S/C15H18O2/c1-3-12-6-8-13(9-7-12)14(16)17-15(4-2)10-5-11-15/h3,6-9H,1,4-5,10-11H2,2H3. The van der Waals surface area contributed by atoms with Crippen LogP contribution in [0.4, 0.5) is 0 Å². The molecular weight excluding hydrogens is 212 g/mol. The average molecular weight is 230 g/mol. The van der Waals surface area contributed by atoms with Crippen molar-refractivity contribution in [2.24, 2.45) is 0 Å². The molecule has 2 nitrogen and oxygen atoms in total. The molecule has 0 spiro atoms. The number of benzene rings is 1. The smallest absolute Gasteiger partial charge is 0.338 e. The summed E-state index contributed by atoms with van der Waals surface area (Å²) in [5.41, 5.74) is 1.44. The van der Waals surface area contributed by atoms with Gasteiger partial charge in [0.1, 0.15) is 5.60 Å². The molecular formula is C15H18O2. The van der Waals surface area contributed by atoms with Gasteiger partial charge in [-0.25, -0.2) is 4.79 Å². The Bertz CT molecular complexity index is 408. The van der Waals surface area contributed by atoms with E-state index in [0.29, 0.717) is 5.56 Å². The Balaban J connectivity index is 2.06. The van der Waals surface area contributed by atoms with E-state index in [4.69, 9.17) is 4.74 Å². The van der Waals surface area contributed by atoms with Crippen molar-refractivity contribution in [3.8, 4) is 0 Å². The summed E-state index contributed by atoms with van der Waals surface area (Å²) in [4.78, 5) is 12.0. The summed E-state index contributed by atoms with van der Waals surface area (Å²) in [6.45, 7) is 5.76. The monoisotopic (exact) mass is 230 g/mol. The van der Waals surface area contributed by atoms with Crippen LogP contribution in [-0.4, -0.2) is 11.6 Å². The first kappa shape index (κ1) is 11.9. The zero-order valence-corrected chi connectivity index (χ0v) is 10.2. The van der Waals surface area contributed by atoms with Gasteiger partial charge in [0, 0.05) is 0 Å². The summed E-state index contributed by atoms with van der Waals surface area (Å²) in [7, 11) is 0. The fraction of sp³-hybridized carbons (Fsp3) is 0.400. The molecule has 1 fully saturated rings. The highest BCUT2D eigenvalue weighted by Gasteiger charge is 2.39. The third-order valence-electron chi connectivity index (χ3n) is 3.60. The second kappa shape index (κ2) is 4.74. The highest BCUT2D eigenvalue weighted by atomic mass is 16.6. The molecule has 0 aromatic heterocycles. The molecule has 0 amide bonds. The van der Waals surface area contributed by atoms with E-state index in [2.05, 4.69) is 13.5 Å². The SMILES string of the molecule is C=Cc1ccc(C(=O)OC2(CC)CCC2)cc1. The molecule has 17 heavy (non-hydrogen) atoms. The van der Waals surface area contributed by atoms with Crippen molar-refractivity contribution in [2.45, 2.75) is 38.2 Å². The second-order valence-corrected chi connectivity index (χ2v) is 4.61. The van der Waals surface area contributed by atoms with Crippen LogP contribution in [0, 0.1) is 0 Å². The van der Waals surface area contributed by atoms with Crippen LogP contribution in [0.1, 0.15) is 48.5 Å². The van der Waals surface area contributed by atoms with Crippen molar-refractivity contribution in [1.82, 2.24) is 0 Å². The Morgan fingerprint density at radius 2 is 2.06 bits per heavy atom. The van der Waals surface area contributed by atoms with Crippen molar-refractivity contribution in [3.05, 3.63) is 42.0 Å². The molecule has 0 aliphatic heterocycles. The normalized spacial score (nSPS) is 17.0. The molecule has 1 saturated carbocycles. The summed E-state index contributed by atoms with van der Waals surface area (Å²) in [6.07, 6.45) is 5.83. The number of carbonyl (C=O) groups excluding carboxylic acids is 1. The number of rotatable bonds is 4. The molecule has 1 aromatic rings. The average Bonchev–Trinajstić information content (AvgIpc) is 2.33. The second-order valence-electron chi connectivity index (χ2n) is 4.61. The third kappa shape index (κ3) is 2.41. The zero-order valence-electron chi connectivity index (χ0n) is 10.2. The lowest BCUT2D eigenvalue weighted by atomic mass is 9.78. The number of hydrogen-bond acceptors (Lipinski definition) is 2. The van der Waals surface area contributed by atoms with Crippen LogP contribution in [0.2, 0.25) is 0 Å². The lowest BCUT2D eigenvalue weighted by Gasteiger charge is -2.40. The molecule has 2 rings (SSSR count). The predicted molar refractivity (Wildman–Crippen MR) is 68.8 cm³/mol. The van der Waals surface area contributed by atoms with Crippen LogP contribution in [-0.2, 0) is 4.74 Å². The number of carbonyl (C=O) groups is 1. The van der Waals surface area contributed by atoms with Gasteiger partial charge in [0.15, 0.2) is 0 Å². The van der Waals surface area contributed by atoms with Gasteiger partial charge in [-0.15, -0.1) is 0 Å². The molecule has 0 atom stereocenters. The van der Waals surface area contributed by atoms with E-state index in [1.165, 1.54) is 0 Å². The van der Waals surface area contributed by atoms with Gasteiger partial charge in [0.25, 0.3) is 0 Å². The van der Waals surface area contributed by atoms with E-state index in [1.807, 2.05) is 12.1 Å². The minimum atomic E-state index is -0.206. The number of hydrogen-bond donors (Lipinski definition) is 0. The lowest BCUT2D eigenvalue weighted by Crippen LogP contribution is -2.41. The summed E-state index contributed by atoms with van der Waals surface area (Å²) in [6, 6.07) is 7.34. The van der Waals surface area contributed by atoms with E-state index in [1.54, 1.807) is 18.2 Å². The van der Waals surface area contributed by atoms with E-state index >= 15 is 0 Å². The molecule has 2 heteroatoms. The van der Waals surface area contributed by atoms with Gasteiger partial charge in [0.05, 0.1) is 5.56 Å². The first-order valence-electron chi connectivity index (χ1n) is 6.15. The maximum atomic E-state index is 12.0. The zero-order chi connectivity index (χ0) is 12.3. The van der Waals surface area contributed by atoms with E-state index < -0.39 is 0 Å². The Labute approximate surface area is 102 Å². The first-order valence-corrected chi connectivity index (χ1v) is 6.15. The molecule has 0 bridgehead atoms. The lowest BCUT2D eigenvalue weighted by molar-refractivity contribution is -0.0642. The minimum Gasteiger partial charge on any atom is -0.455 e. The van der Waals surface area contributed by atoms with Gasteiger partial charge in [-0.2, -0.15) is 0 Å². The summed E-state index contributed by atoms with van der Waals surface area (Å²) in [5.74, 6) is -0.206. The van der Waals surface area contributed by atoms with Crippen LogP contribution in [0.3, 0.4) is 0 Å². The molecule has 1 aliphatic rings. The maximum Gasteiger partial charge on any atom is 0.338 e. The van der Waals surface area contributed by atoms with Gasteiger partial charge in [0.2, 0.25) is 0 Å². The van der Waals surface area contributed by atoms with E-state index in [-0.39, 0.29) is 11.6 Å². The van der Waals surface area contributed by atoms with Gasteiger partial charge in [-0.1, -0.05) is 31.7 Å². The third-order valence-corrected chi connectivity index (χ3v) is 3.60. The summed E-state index contributed by atoms with van der Waals surface area (Å²) in [5, 5.41) is 0. The maximum absolute atomic E-state index is 12.0. The minimum absolute atomic E-state index is 0.186. The van der Waals surface area contributed by atoms with Gasteiger partial charge in [-0.3, -0.25) is 0 Å². The van der Waals surface area contributed by atoms with Gasteiger partial charge >= 0.3 is 5.97 Å². The molecule has 0 saturated heterocycles. The van der Waals surface area contributed by atoms with Crippen molar-refractivity contribution in [2.75, 3.05) is 0 Å². The van der Waals surface area contributed by atoms with Crippen molar-refractivity contribution in [3.63, 3.8) is 0 Å². The molecule has 90 valence electrons. The molecule has 0 radical (unpaired) electrons. The molecule has 1 aromatic carbocycles. The fourth-order valence-electron chi connectivity index (χ4n) is 2.11. The predicted octanol–water partition coefficient (Wildman–Crippen LogP) is 3.82. The largest absolute Gasteiger partial charge is 0.455 e. The highest BCUT2D eigenvalue weighted by molar-refractivity contribution is 5.90. The molecule has 0 heterocycles. The van der Waals surface area contributed by atoms with Crippen LogP contribution < -0.4 is 0 Å². The quantitative estimate of drug-likeness (QED) is 0.735. The van der Waals surface area contributed by atoms with Crippen LogP contribution in [0.25, 0.3) is 6.08 Å². The van der Waals surface area contributed by atoms with Gasteiger partial charge in [-0.05, 0) is 43.4 Å². The molecule has 0 unspecified atom stereocenters. The Morgan fingerprint density at radius 1 is 1.41 bits per heavy atom. The van der Waals surface area contributed by atoms with Crippen molar-refractivity contribution < 1.29 is 9.53 Å². The highest BCUT2D eigenvalue weighted by Crippen LogP contribution is 2.38. The Kier molecular flexibility index (Phi) is 3.32. The Hall–Kier alpha value is -1.57. The molecule has 0 N–H and O–H groups in total. The van der Waals surface area contributed by atoms with E-state index in [9.17, 15) is 4.79 Å². The van der Waals surface area contributed by atoms with E-state index in [0.717, 1.165) is 31.2 Å². The van der Waals surface area contributed by atoms with Crippen LogP contribution >= 0.6 is 0 Å². The number of ether oxygens (including phenoxy) is 1. The topological polar surface area (TPSA) is 26.3 Å². The Morgan fingerprint density at radius 3 is 2.47 bits per heavy atom. The van der Waals surface area contributed by atoms with Gasteiger partial charge < -0.3 is 4.74 Å². The number of esters is 1. The summed E-state index contributed by atoms with van der Waals surface area (Å²) < 4.78 is 5.62. The summed E-state index contributed by atoms with van der Waals surface area (Å²) >= 11 is 0. The van der Waals surface area contributed by atoms with Crippen LogP contribution in [0.15, 0.2) is 30.8 Å². The molecule has 1 aliphatic carbocycles. The first-order chi connectivity index (χ1) is 8.19. The van der Waals surface area contributed by atoms with Crippen molar-refractivity contribution in [1.29, 1.82) is 0 Å². The van der Waals surface area contributed by atoms with Crippen LogP contribution in [0.5, 0.6) is 0 Å².